The Hall–Kier alpha value is -2.11. The van der Waals surface area contributed by atoms with E-state index < -0.39 is 0 Å². The number of hydrogen-bond donors (Lipinski definition) is 1. The first-order chi connectivity index (χ1) is 13.3. The molecule has 1 N–H and O–H groups in total. The first-order valence-electron chi connectivity index (χ1n) is 9.91. The number of halogens is 1. The molecular formula is C22H30ClN3O2. The predicted molar refractivity (Wildman–Crippen MR) is 114 cm³/mol. The van der Waals surface area contributed by atoms with Gasteiger partial charge in [0.15, 0.2) is 0 Å². The maximum Gasteiger partial charge on any atom is 0.223 e. The number of carbonyl (C=O) groups excluding carboxylic acids is 1. The molecule has 2 heterocycles. The largest absolute Gasteiger partial charge is 0.494 e. The van der Waals surface area contributed by atoms with Crippen LogP contribution in [-0.4, -0.2) is 41.5 Å². The Morgan fingerprint density at radius 3 is 2.71 bits per heavy atom. The van der Waals surface area contributed by atoms with E-state index in [1.54, 1.807) is 6.20 Å². The third-order valence-corrected chi connectivity index (χ3v) is 4.91. The molecule has 6 heteroatoms. The first kappa shape index (κ1) is 22.2. The molecule has 5 nitrogen and oxygen atoms in total. The van der Waals surface area contributed by atoms with Crippen LogP contribution in [0.4, 0.5) is 0 Å². The molecule has 1 aromatic heterocycles. The van der Waals surface area contributed by atoms with Gasteiger partial charge in [0.1, 0.15) is 5.75 Å². The lowest BCUT2D eigenvalue weighted by Crippen LogP contribution is -2.40. The number of aromatic nitrogens is 1. The molecular weight excluding hydrogens is 374 g/mol. The zero-order valence-corrected chi connectivity index (χ0v) is 17.1. The minimum Gasteiger partial charge on any atom is -0.494 e. The van der Waals surface area contributed by atoms with E-state index in [2.05, 4.69) is 10.3 Å². The zero-order valence-electron chi connectivity index (χ0n) is 16.3. The van der Waals surface area contributed by atoms with Gasteiger partial charge < -0.3 is 15.0 Å². The highest BCUT2D eigenvalue weighted by atomic mass is 35.5. The summed E-state index contributed by atoms with van der Waals surface area (Å²) in [6, 6.07) is 15.9. The highest BCUT2D eigenvalue weighted by Crippen LogP contribution is 2.18. The SMILES string of the molecule is Cl.O=C(CCCOc1ccccc1)N(Cc1ccccn1)C1CCCNCC1. The Morgan fingerprint density at radius 1 is 1.11 bits per heavy atom. The van der Waals surface area contributed by atoms with Gasteiger partial charge in [-0.2, -0.15) is 0 Å². The molecule has 1 unspecified atom stereocenters. The van der Waals surface area contributed by atoms with Gasteiger partial charge in [-0.3, -0.25) is 9.78 Å². The molecule has 1 aromatic carbocycles. The Balaban J connectivity index is 0.00000280. The van der Waals surface area contributed by atoms with E-state index in [0.29, 0.717) is 19.6 Å². The third kappa shape index (κ3) is 7.13. The van der Waals surface area contributed by atoms with E-state index in [0.717, 1.165) is 50.2 Å². The number of hydrogen-bond acceptors (Lipinski definition) is 4. The van der Waals surface area contributed by atoms with Crippen molar-refractivity contribution in [1.82, 2.24) is 15.2 Å². The van der Waals surface area contributed by atoms with E-state index in [4.69, 9.17) is 4.74 Å². The van der Waals surface area contributed by atoms with Gasteiger partial charge in [-0.05, 0) is 63.0 Å². The van der Waals surface area contributed by atoms with Gasteiger partial charge in [-0.25, -0.2) is 0 Å². The van der Waals surface area contributed by atoms with Crippen LogP contribution >= 0.6 is 12.4 Å². The fourth-order valence-electron chi connectivity index (χ4n) is 3.47. The molecule has 1 amide bonds. The molecule has 2 aromatic rings. The van der Waals surface area contributed by atoms with E-state index in [1.165, 1.54) is 0 Å². The maximum atomic E-state index is 13.0. The average Bonchev–Trinajstić information content (AvgIpc) is 3.00. The minimum atomic E-state index is 0. The zero-order chi connectivity index (χ0) is 18.7. The highest BCUT2D eigenvalue weighted by Gasteiger charge is 2.24. The third-order valence-electron chi connectivity index (χ3n) is 4.91. The van der Waals surface area contributed by atoms with Crippen molar-refractivity contribution in [2.45, 2.75) is 44.7 Å². The number of pyridine rings is 1. The second-order valence-corrected chi connectivity index (χ2v) is 6.94. The normalized spacial score (nSPS) is 16.5. The summed E-state index contributed by atoms with van der Waals surface area (Å²) in [5, 5.41) is 3.43. The molecule has 3 rings (SSSR count). The first-order valence-corrected chi connectivity index (χ1v) is 9.91. The van der Waals surface area contributed by atoms with Crippen molar-refractivity contribution in [2.75, 3.05) is 19.7 Å². The van der Waals surface area contributed by atoms with Crippen molar-refractivity contribution < 1.29 is 9.53 Å². The molecule has 1 aliphatic heterocycles. The van der Waals surface area contributed by atoms with Gasteiger partial charge in [0.05, 0.1) is 18.8 Å². The molecule has 0 aliphatic carbocycles. The highest BCUT2D eigenvalue weighted by molar-refractivity contribution is 5.85. The number of para-hydroxylation sites is 1. The van der Waals surface area contributed by atoms with Crippen LogP contribution in [0.25, 0.3) is 0 Å². The lowest BCUT2D eigenvalue weighted by atomic mass is 10.1. The average molecular weight is 404 g/mol. The number of benzene rings is 1. The number of rotatable bonds is 8. The van der Waals surface area contributed by atoms with Crippen LogP contribution in [0.5, 0.6) is 5.75 Å². The van der Waals surface area contributed by atoms with E-state index in [-0.39, 0.29) is 24.4 Å². The number of nitrogens with one attached hydrogen (secondary N) is 1. The summed E-state index contributed by atoms with van der Waals surface area (Å²) in [6.45, 7) is 3.14. The fourth-order valence-corrected chi connectivity index (χ4v) is 3.47. The topological polar surface area (TPSA) is 54.5 Å². The summed E-state index contributed by atoms with van der Waals surface area (Å²) in [7, 11) is 0. The Labute approximate surface area is 173 Å². The fraction of sp³-hybridized carbons (Fsp3) is 0.455. The van der Waals surface area contributed by atoms with Gasteiger partial charge >= 0.3 is 0 Å². The molecule has 28 heavy (non-hydrogen) atoms. The summed E-state index contributed by atoms with van der Waals surface area (Å²) >= 11 is 0. The molecule has 0 saturated carbocycles. The van der Waals surface area contributed by atoms with Gasteiger partial charge in [-0.1, -0.05) is 24.3 Å². The molecule has 0 bridgehead atoms. The van der Waals surface area contributed by atoms with E-state index in [9.17, 15) is 4.79 Å². The van der Waals surface area contributed by atoms with Gasteiger partial charge in [0.25, 0.3) is 0 Å². The van der Waals surface area contributed by atoms with E-state index in [1.807, 2.05) is 53.4 Å². The second kappa shape index (κ2) is 12.4. The molecule has 1 atom stereocenters. The number of nitrogens with zero attached hydrogens (tertiary/aromatic N) is 2. The van der Waals surface area contributed by atoms with Crippen LogP contribution in [0.2, 0.25) is 0 Å². The van der Waals surface area contributed by atoms with E-state index >= 15 is 0 Å². The van der Waals surface area contributed by atoms with Gasteiger partial charge in [0.2, 0.25) is 5.91 Å². The van der Waals surface area contributed by atoms with Crippen molar-refractivity contribution >= 4 is 18.3 Å². The molecule has 0 radical (unpaired) electrons. The molecule has 1 aliphatic rings. The Kier molecular flexibility index (Phi) is 9.80. The lowest BCUT2D eigenvalue weighted by Gasteiger charge is -2.31. The predicted octanol–water partition coefficient (Wildman–Crippen LogP) is 3.83. The van der Waals surface area contributed by atoms with Crippen molar-refractivity contribution in [3.8, 4) is 5.75 Å². The minimum absolute atomic E-state index is 0. The van der Waals surface area contributed by atoms with Crippen molar-refractivity contribution in [1.29, 1.82) is 0 Å². The van der Waals surface area contributed by atoms with Crippen LogP contribution in [-0.2, 0) is 11.3 Å². The second-order valence-electron chi connectivity index (χ2n) is 6.94. The summed E-state index contributed by atoms with van der Waals surface area (Å²) < 4.78 is 5.73. The smallest absolute Gasteiger partial charge is 0.223 e. The van der Waals surface area contributed by atoms with Gasteiger partial charge in [-0.15, -0.1) is 12.4 Å². The Morgan fingerprint density at radius 2 is 1.93 bits per heavy atom. The summed E-state index contributed by atoms with van der Waals surface area (Å²) in [4.78, 5) is 19.5. The van der Waals surface area contributed by atoms with Crippen LogP contribution in [0.1, 0.15) is 37.8 Å². The molecule has 1 saturated heterocycles. The molecule has 152 valence electrons. The van der Waals surface area contributed by atoms with Crippen molar-refractivity contribution in [2.24, 2.45) is 0 Å². The molecule has 1 fully saturated rings. The maximum absolute atomic E-state index is 13.0. The van der Waals surface area contributed by atoms with Crippen LogP contribution in [0.15, 0.2) is 54.7 Å². The summed E-state index contributed by atoms with van der Waals surface area (Å²) in [5.41, 5.74) is 0.948. The van der Waals surface area contributed by atoms with Crippen molar-refractivity contribution in [3.05, 3.63) is 60.4 Å². The lowest BCUT2D eigenvalue weighted by molar-refractivity contribution is -0.134. The molecule has 0 spiro atoms. The summed E-state index contributed by atoms with van der Waals surface area (Å²) in [5.74, 6) is 1.05. The van der Waals surface area contributed by atoms with Crippen LogP contribution in [0.3, 0.4) is 0 Å². The number of carbonyl (C=O) groups is 1. The van der Waals surface area contributed by atoms with Crippen LogP contribution in [0, 0.1) is 0 Å². The Bertz CT molecular complexity index is 677. The standard InChI is InChI=1S/C22H29N3O2.ClH/c26-22(12-7-17-27-21-10-2-1-3-11-21)25(18-19-8-4-5-15-24-19)20-9-6-14-23-16-13-20;/h1-5,8,10-11,15,20,23H,6-7,9,12-14,16-18H2;1H. The quantitative estimate of drug-likeness (QED) is 0.680. The number of amides is 1. The summed E-state index contributed by atoms with van der Waals surface area (Å²) in [6.07, 6.45) is 6.17. The van der Waals surface area contributed by atoms with Gasteiger partial charge in [0, 0.05) is 18.7 Å². The van der Waals surface area contributed by atoms with Crippen molar-refractivity contribution in [3.63, 3.8) is 0 Å². The number of ether oxygens (including phenoxy) is 1. The monoisotopic (exact) mass is 403 g/mol. The van der Waals surface area contributed by atoms with Crippen LogP contribution < -0.4 is 10.1 Å².